The predicted molar refractivity (Wildman–Crippen MR) is 181 cm³/mol. The van der Waals surface area contributed by atoms with Gasteiger partial charge < -0.3 is 30.6 Å². The second-order valence-electron chi connectivity index (χ2n) is 13.1. The summed E-state index contributed by atoms with van der Waals surface area (Å²) < 4.78 is 67.9. The van der Waals surface area contributed by atoms with Crippen LogP contribution in [0.15, 0.2) is 78.9 Å². The van der Waals surface area contributed by atoms with Gasteiger partial charge >= 0.3 is 5.97 Å². The SMILES string of the molecule is CC(Cc1cccc(C2(C)CCCCC(F)(F)/C(N)=C/N(N)Cc3c(c(F)cc4[nH]ccc34)Oc3ccc(F)c(c3)-c3ncc2[nH]3)c1)C(=O)O. The van der Waals surface area contributed by atoms with Crippen LogP contribution in [-0.2, 0) is 23.2 Å². The highest BCUT2D eigenvalue weighted by atomic mass is 19.3. The number of hydrogen-bond donors (Lipinski definition) is 5. The fraction of sp³-hybridized carbons (Fsp3) is 0.297. The van der Waals surface area contributed by atoms with Crippen LogP contribution in [-0.4, -0.2) is 37.0 Å². The standard InChI is InChI=1S/C37H38F4N6O3/c1-21(35(48)49)14-22-6-5-7-23(15-22)36(2)11-3-4-12-37(40,41)31(42)20-47(43)19-27-25-10-13-44-30(25)17-29(39)33(27)50-24-8-9-28(38)26(16-24)34-45-18-32(36)46-34/h5-10,13,15-18,20-21,44H,3-4,11-12,14,19,42-43H2,1-2H3,(H,45,46)(H,48,49)/b31-20-. The fourth-order valence-electron chi connectivity index (χ4n) is 6.48. The van der Waals surface area contributed by atoms with E-state index >= 15 is 17.6 Å². The Balaban J connectivity index is 1.46. The first-order chi connectivity index (χ1) is 23.7. The minimum absolute atomic E-state index is 0.0681. The Morgan fingerprint density at radius 2 is 1.88 bits per heavy atom. The number of nitrogens with two attached hydrogens (primary N) is 2. The van der Waals surface area contributed by atoms with E-state index in [0.717, 1.165) is 22.3 Å². The van der Waals surface area contributed by atoms with Crippen LogP contribution in [0.2, 0.25) is 0 Å². The Morgan fingerprint density at radius 3 is 2.66 bits per heavy atom. The van der Waals surface area contributed by atoms with Gasteiger partial charge in [-0.15, -0.1) is 0 Å². The minimum atomic E-state index is -3.40. The van der Waals surface area contributed by atoms with E-state index < -0.39 is 47.0 Å². The quantitative estimate of drug-likeness (QED) is 0.0953. The number of imidazole rings is 1. The maximum Gasteiger partial charge on any atom is 0.306 e. The number of allylic oxidation sites excluding steroid dienone is 1. The van der Waals surface area contributed by atoms with Crippen molar-refractivity contribution in [1.29, 1.82) is 0 Å². The lowest BCUT2D eigenvalue weighted by molar-refractivity contribution is -0.141. The van der Waals surface area contributed by atoms with Crippen LogP contribution in [0.5, 0.6) is 11.5 Å². The van der Waals surface area contributed by atoms with E-state index in [4.69, 9.17) is 16.3 Å². The van der Waals surface area contributed by atoms with E-state index in [1.54, 1.807) is 25.4 Å². The first-order valence-electron chi connectivity index (χ1n) is 16.3. The molecule has 1 aliphatic heterocycles. The number of carboxylic acid groups (broad SMARTS) is 1. The van der Waals surface area contributed by atoms with Gasteiger partial charge in [-0.1, -0.05) is 37.6 Å². The smallest absolute Gasteiger partial charge is 0.306 e. The summed E-state index contributed by atoms with van der Waals surface area (Å²) in [5.74, 6) is -0.0620. The third-order valence-corrected chi connectivity index (χ3v) is 9.46. The number of aromatic amines is 2. The number of hydrogen-bond acceptors (Lipinski definition) is 6. The molecule has 3 heterocycles. The number of benzene rings is 3. The van der Waals surface area contributed by atoms with Gasteiger partial charge in [-0.2, -0.15) is 8.78 Å². The van der Waals surface area contributed by atoms with Crippen molar-refractivity contribution in [3.8, 4) is 22.9 Å². The Kier molecular flexibility index (Phi) is 9.36. The average Bonchev–Trinajstić information content (AvgIpc) is 3.76. The molecule has 0 amide bonds. The third-order valence-electron chi connectivity index (χ3n) is 9.46. The summed E-state index contributed by atoms with van der Waals surface area (Å²) in [7, 11) is 0. The number of rotatable bonds is 4. The maximum absolute atomic E-state index is 15.6. The molecule has 2 aromatic heterocycles. The van der Waals surface area contributed by atoms with E-state index in [1.807, 2.05) is 31.2 Å². The molecule has 3 aromatic carbocycles. The summed E-state index contributed by atoms with van der Waals surface area (Å²) in [4.78, 5) is 22.2. The van der Waals surface area contributed by atoms with Crippen molar-refractivity contribution in [2.45, 2.75) is 63.8 Å². The monoisotopic (exact) mass is 690 g/mol. The number of hydrazine groups is 1. The molecule has 0 fully saturated rings. The average molecular weight is 691 g/mol. The van der Waals surface area contributed by atoms with Crippen LogP contribution in [0.1, 0.15) is 61.9 Å². The molecule has 1 aliphatic rings. The predicted octanol–water partition coefficient (Wildman–Crippen LogP) is 7.88. The summed E-state index contributed by atoms with van der Waals surface area (Å²) in [5, 5.41) is 11.0. The molecule has 4 bridgehead atoms. The van der Waals surface area contributed by atoms with Gasteiger partial charge in [-0.05, 0) is 61.6 Å². The zero-order valence-electron chi connectivity index (χ0n) is 27.6. The molecule has 0 spiro atoms. The normalized spacial score (nSPS) is 20.1. The molecular formula is C37H38F4N6O3. The Labute approximate surface area is 285 Å². The number of fused-ring (bicyclic) bond motifs is 8. The van der Waals surface area contributed by atoms with Crippen molar-refractivity contribution in [3.63, 3.8) is 0 Å². The van der Waals surface area contributed by atoms with Gasteiger partial charge in [-0.25, -0.2) is 19.6 Å². The van der Waals surface area contributed by atoms with Crippen LogP contribution in [0.4, 0.5) is 17.6 Å². The zero-order valence-corrected chi connectivity index (χ0v) is 27.6. The van der Waals surface area contributed by atoms with E-state index in [2.05, 4.69) is 15.0 Å². The van der Waals surface area contributed by atoms with Crippen molar-refractivity contribution in [2.75, 3.05) is 0 Å². The lowest BCUT2D eigenvalue weighted by Crippen LogP contribution is -2.32. The largest absolute Gasteiger partial charge is 0.481 e. The number of nitrogens with zero attached hydrogens (tertiary/aromatic N) is 2. The molecule has 13 heteroatoms. The van der Waals surface area contributed by atoms with Gasteiger partial charge in [-0.3, -0.25) is 4.79 Å². The number of carboxylic acids is 1. The molecule has 2 unspecified atom stereocenters. The molecule has 0 saturated carbocycles. The van der Waals surface area contributed by atoms with Gasteiger partial charge in [0.05, 0.1) is 23.7 Å². The Hall–Kier alpha value is -5.30. The molecule has 2 atom stereocenters. The number of aliphatic carboxylic acids is 1. The molecule has 50 heavy (non-hydrogen) atoms. The number of H-pyrrole nitrogens is 2. The summed E-state index contributed by atoms with van der Waals surface area (Å²) in [6, 6.07) is 14.3. The van der Waals surface area contributed by atoms with Crippen LogP contribution in [0, 0.1) is 17.6 Å². The number of carbonyl (C=O) groups is 1. The fourth-order valence-corrected chi connectivity index (χ4v) is 6.48. The van der Waals surface area contributed by atoms with Gasteiger partial charge in [0.25, 0.3) is 5.92 Å². The van der Waals surface area contributed by atoms with Crippen molar-refractivity contribution in [1.82, 2.24) is 20.0 Å². The lowest BCUT2D eigenvalue weighted by Gasteiger charge is -2.30. The van der Waals surface area contributed by atoms with Crippen LogP contribution >= 0.6 is 0 Å². The number of halogens is 4. The zero-order chi connectivity index (χ0) is 35.8. The third kappa shape index (κ3) is 6.90. The highest BCUT2D eigenvalue weighted by Crippen LogP contribution is 2.41. The molecule has 6 rings (SSSR count). The van der Waals surface area contributed by atoms with Gasteiger partial charge in [0, 0.05) is 58.7 Å². The molecule has 7 N–H and O–H groups in total. The molecule has 0 aliphatic carbocycles. The molecule has 0 saturated heterocycles. The summed E-state index contributed by atoms with van der Waals surface area (Å²) in [6.45, 7) is 3.32. The molecule has 0 radical (unpaired) electrons. The second-order valence-corrected chi connectivity index (χ2v) is 13.1. The van der Waals surface area contributed by atoms with Gasteiger partial charge in [0.15, 0.2) is 11.6 Å². The Bertz CT molecular complexity index is 2080. The number of aromatic nitrogens is 3. The van der Waals surface area contributed by atoms with Crippen LogP contribution in [0.3, 0.4) is 0 Å². The minimum Gasteiger partial charge on any atom is -0.481 e. The van der Waals surface area contributed by atoms with Crippen LogP contribution in [0.25, 0.3) is 22.3 Å². The van der Waals surface area contributed by atoms with E-state index in [-0.39, 0.29) is 41.4 Å². The number of nitrogens with one attached hydrogen (secondary N) is 2. The van der Waals surface area contributed by atoms with Crippen molar-refractivity contribution in [2.24, 2.45) is 17.5 Å². The highest BCUT2D eigenvalue weighted by molar-refractivity contribution is 5.85. The lowest BCUT2D eigenvalue weighted by atomic mass is 9.75. The van der Waals surface area contributed by atoms with E-state index in [0.29, 0.717) is 35.9 Å². The summed E-state index contributed by atoms with van der Waals surface area (Å²) in [6.07, 6.45) is 4.70. The second kappa shape index (κ2) is 13.5. The number of ether oxygens (including phenoxy) is 1. The highest BCUT2D eigenvalue weighted by Gasteiger charge is 2.35. The Morgan fingerprint density at radius 1 is 1.10 bits per heavy atom. The topological polar surface area (TPSA) is 146 Å². The van der Waals surface area contributed by atoms with E-state index in [9.17, 15) is 9.90 Å². The van der Waals surface area contributed by atoms with E-state index in [1.165, 1.54) is 24.3 Å². The molecule has 262 valence electrons. The van der Waals surface area contributed by atoms with Crippen molar-refractivity contribution < 1.29 is 32.2 Å². The number of alkyl halides is 2. The first-order valence-corrected chi connectivity index (χ1v) is 16.3. The van der Waals surface area contributed by atoms with Crippen molar-refractivity contribution in [3.05, 3.63) is 113 Å². The molecular weight excluding hydrogens is 652 g/mol. The van der Waals surface area contributed by atoms with Crippen LogP contribution < -0.4 is 16.3 Å². The van der Waals surface area contributed by atoms with Gasteiger partial charge in [0.1, 0.15) is 17.4 Å². The summed E-state index contributed by atoms with van der Waals surface area (Å²) >= 11 is 0. The van der Waals surface area contributed by atoms with Crippen molar-refractivity contribution >= 4 is 16.9 Å². The maximum atomic E-state index is 15.6. The molecule has 9 nitrogen and oxygen atoms in total. The van der Waals surface area contributed by atoms with Gasteiger partial charge in [0.2, 0.25) is 0 Å². The molecule has 5 aromatic rings. The first kappa shape index (κ1) is 34.6. The summed E-state index contributed by atoms with van der Waals surface area (Å²) in [5.41, 5.74) is 7.30.